The third-order valence-corrected chi connectivity index (χ3v) is 3.24. The van der Waals surface area contributed by atoms with Gasteiger partial charge in [0.1, 0.15) is 0 Å². The summed E-state index contributed by atoms with van der Waals surface area (Å²) in [5.74, 6) is 0. The number of rotatable bonds is 8. The number of benzene rings is 1. The summed E-state index contributed by atoms with van der Waals surface area (Å²) in [6, 6.07) is 10.5. The molecule has 0 saturated carbocycles. The Balaban J connectivity index is 1.69. The van der Waals surface area contributed by atoms with Gasteiger partial charge in [-0.25, -0.2) is 4.68 Å². The van der Waals surface area contributed by atoms with E-state index in [4.69, 9.17) is 0 Å². The average molecular weight is 272 g/mol. The normalized spacial score (nSPS) is 11.2. The molecule has 4 nitrogen and oxygen atoms in total. The first kappa shape index (κ1) is 14.8. The van der Waals surface area contributed by atoms with Gasteiger partial charge in [0.15, 0.2) is 0 Å². The lowest BCUT2D eigenvalue weighted by molar-refractivity contribution is 0.391. The molecule has 0 fully saturated rings. The first-order valence-electron chi connectivity index (χ1n) is 7.20. The minimum atomic E-state index is 0.932. The zero-order valence-electron chi connectivity index (χ0n) is 12.4. The molecule has 0 spiro atoms. The summed E-state index contributed by atoms with van der Waals surface area (Å²) < 4.78 is 1.87. The molecular weight excluding hydrogens is 248 g/mol. The van der Waals surface area contributed by atoms with Crippen molar-refractivity contribution < 1.29 is 0 Å². The van der Waals surface area contributed by atoms with Crippen molar-refractivity contribution in [3.05, 3.63) is 48.3 Å². The predicted molar refractivity (Wildman–Crippen MR) is 83.1 cm³/mol. The molecule has 2 aromatic rings. The van der Waals surface area contributed by atoms with Gasteiger partial charge in [0.25, 0.3) is 0 Å². The second-order valence-corrected chi connectivity index (χ2v) is 5.30. The molecule has 1 heterocycles. The third-order valence-electron chi connectivity index (χ3n) is 3.24. The Kier molecular flexibility index (Phi) is 5.77. The molecule has 0 aliphatic rings. The first-order valence-corrected chi connectivity index (χ1v) is 7.20. The van der Waals surface area contributed by atoms with Gasteiger partial charge in [-0.2, -0.15) is 5.10 Å². The lowest BCUT2D eigenvalue weighted by Crippen LogP contribution is -2.18. The van der Waals surface area contributed by atoms with Crippen molar-refractivity contribution in [2.45, 2.75) is 19.4 Å². The van der Waals surface area contributed by atoms with Crippen LogP contribution in [-0.2, 0) is 6.54 Å². The van der Waals surface area contributed by atoms with E-state index in [1.807, 2.05) is 16.9 Å². The number of hydrogen-bond donors (Lipinski definition) is 1. The SMILES string of the molecule is CN(C)CCCCNCc1ccc(-n2cccn2)cc1. The van der Waals surface area contributed by atoms with Crippen LogP contribution in [0.3, 0.4) is 0 Å². The van der Waals surface area contributed by atoms with Crippen LogP contribution in [0.4, 0.5) is 0 Å². The Bertz CT molecular complexity index is 474. The Morgan fingerprint density at radius 3 is 2.60 bits per heavy atom. The molecule has 0 saturated heterocycles. The molecule has 0 bridgehead atoms. The minimum absolute atomic E-state index is 0.932. The molecular formula is C16H24N4. The van der Waals surface area contributed by atoms with Crippen LogP contribution in [0.2, 0.25) is 0 Å². The molecule has 0 radical (unpaired) electrons. The zero-order chi connectivity index (χ0) is 14.2. The van der Waals surface area contributed by atoms with Crippen LogP contribution in [0.25, 0.3) is 5.69 Å². The van der Waals surface area contributed by atoms with E-state index in [2.05, 4.69) is 53.7 Å². The molecule has 4 heteroatoms. The molecule has 2 rings (SSSR count). The number of aromatic nitrogens is 2. The van der Waals surface area contributed by atoms with Crippen LogP contribution in [0.15, 0.2) is 42.7 Å². The Morgan fingerprint density at radius 1 is 1.15 bits per heavy atom. The van der Waals surface area contributed by atoms with Crippen LogP contribution in [-0.4, -0.2) is 41.9 Å². The van der Waals surface area contributed by atoms with Gasteiger partial charge in [-0.1, -0.05) is 12.1 Å². The maximum atomic E-state index is 4.22. The van der Waals surface area contributed by atoms with Gasteiger partial charge < -0.3 is 10.2 Å². The van der Waals surface area contributed by atoms with Crippen molar-refractivity contribution in [3.63, 3.8) is 0 Å². The third kappa shape index (κ3) is 4.79. The number of nitrogens with zero attached hydrogens (tertiary/aromatic N) is 3. The van der Waals surface area contributed by atoms with E-state index in [1.165, 1.54) is 24.9 Å². The lowest BCUT2D eigenvalue weighted by Gasteiger charge is -2.09. The van der Waals surface area contributed by atoms with Crippen LogP contribution < -0.4 is 5.32 Å². The smallest absolute Gasteiger partial charge is 0.0645 e. The molecule has 1 N–H and O–H groups in total. The Labute approximate surface area is 121 Å². The van der Waals surface area contributed by atoms with E-state index in [9.17, 15) is 0 Å². The van der Waals surface area contributed by atoms with Gasteiger partial charge in [0, 0.05) is 18.9 Å². The average Bonchev–Trinajstić information content (AvgIpc) is 2.97. The first-order chi connectivity index (χ1) is 9.75. The van der Waals surface area contributed by atoms with Crippen molar-refractivity contribution in [1.29, 1.82) is 0 Å². The lowest BCUT2D eigenvalue weighted by atomic mass is 10.2. The number of unbranched alkanes of at least 4 members (excludes halogenated alkanes) is 1. The molecule has 1 aromatic carbocycles. The molecule has 20 heavy (non-hydrogen) atoms. The van der Waals surface area contributed by atoms with E-state index in [0.29, 0.717) is 0 Å². The summed E-state index contributed by atoms with van der Waals surface area (Å²) in [6.07, 6.45) is 6.23. The summed E-state index contributed by atoms with van der Waals surface area (Å²) >= 11 is 0. The monoisotopic (exact) mass is 272 g/mol. The molecule has 0 aliphatic carbocycles. The van der Waals surface area contributed by atoms with Crippen molar-refractivity contribution >= 4 is 0 Å². The van der Waals surface area contributed by atoms with E-state index >= 15 is 0 Å². The van der Waals surface area contributed by atoms with Gasteiger partial charge in [-0.15, -0.1) is 0 Å². The van der Waals surface area contributed by atoms with Crippen molar-refractivity contribution in [3.8, 4) is 5.69 Å². The van der Waals surface area contributed by atoms with E-state index in [0.717, 1.165) is 18.8 Å². The van der Waals surface area contributed by atoms with Crippen LogP contribution in [0, 0.1) is 0 Å². The second-order valence-electron chi connectivity index (χ2n) is 5.30. The highest BCUT2D eigenvalue weighted by molar-refractivity contribution is 5.33. The van der Waals surface area contributed by atoms with E-state index in [-0.39, 0.29) is 0 Å². The van der Waals surface area contributed by atoms with Crippen LogP contribution in [0.5, 0.6) is 0 Å². The minimum Gasteiger partial charge on any atom is -0.313 e. The summed E-state index contributed by atoms with van der Waals surface area (Å²) in [5.41, 5.74) is 2.42. The number of nitrogens with one attached hydrogen (secondary N) is 1. The highest BCUT2D eigenvalue weighted by Crippen LogP contribution is 2.08. The van der Waals surface area contributed by atoms with Crippen molar-refractivity contribution in [1.82, 2.24) is 20.0 Å². The fraction of sp³-hybridized carbons (Fsp3) is 0.438. The molecule has 0 unspecified atom stereocenters. The topological polar surface area (TPSA) is 33.1 Å². The van der Waals surface area contributed by atoms with Gasteiger partial charge in [0.2, 0.25) is 0 Å². The summed E-state index contributed by atoms with van der Waals surface area (Å²) in [7, 11) is 4.24. The van der Waals surface area contributed by atoms with Gasteiger partial charge in [-0.3, -0.25) is 0 Å². The highest BCUT2D eigenvalue weighted by atomic mass is 15.3. The molecule has 1 aromatic heterocycles. The fourth-order valence-corrected chi connectivity index (χ4v) is 2.10. The highest BCUT2D eigenvalue weighted by Gasteiger charge is 1.97. The van der Waals surface area contributed by atoms with Gasteiger partial charge in [0.05, 0.1) is 5.69 Å². The second kappa shape index (κ2) is 7.82. The molecule has 0 atom stereocenters. The molecule has 0 aliphatic heterocycles. The van der Waals surface area contributed by atoms with Crippen LogP contribution >= 0.6 is 0 Å². The molecule has 108 valence electrons. The zero-order valence-corrected chi connectivity index (χ0v) is 12.4. The maximum absolute atomic E-state index is 4.22. The van der Waals surface area contributed by atoms with E-state index in [1.54, 1.807) is 6.20 Å². The summed E-state index contributed by atoms with van der Waals surface area (Å²) in [4.78, 5) is 2.23. The largest absolute Gasteiger partial charge is 0.313 e. The maximum Gasteiger partial charge on any atom is 0.0645 e. The molecule has 0 amide bonds. The Hall–Kier alpha value is -1.65. The van der Waals surface area contributed by atoms with Gasteiger partial charge in [-0.05, 0) is 63.8 Å². The number of hydrogen-bond acceptors (Lipinski definition) is 3. The van der Waals surface area contributed by atoms with Crippen molar-refractivity contribution in [2.75, 3.05) is 27.2 Å². The quantitative estimate of drug-likeness (QED) is 0.749. The summed E-state index contributed by atoms with van der Waals surface area (Å²) in [5, 5.41) is 7.71. The summed E-state index contributed by atoms with van der Waals surface area (Å²) in [6.45, 7) is 3.18. The van der Waals surface area contributed by atoms with Gasteiger partial charge >= 0.3 is 0 Å². The standard InChI is InChI=1S/C16H24N4/c1-19(2)12-4-3-10-17-14-15-6-8-16(9-7-15)20-13-5-11-18-20/h5-9,11,13,17H,3-4,10,12,14H2,1-2H3. The predicted octanol–water partition coefficient (Wildman–Crippen LogP) is 2.30. The van der Waals surface area contributed by atoms with Crippen LogP contribution in [0.1, 0.15) is 18.4 Å². The van der Waals surface area contributed by atoms with E-state index < -0.39 is 0 Å². The fourth-order valence-electron chi connectivity index (χ4n) is 2.10. The van der Waals surface area contributed by atoms with Crippen molar-refractivity contribution in [2.24, 2.45) is 0 Å². The Morgan fingerprint density at radius 2 is 1.95 bits per heavy atom.